The number of nitrogens with two attached hydrogens (primary N) is 1. The fraction of sp³-hybridized carbons (Fsp3) is 0.385. The van der Waals surface area contributed by atoms with Crippen LogP contribution in [0.25, 0.3) is 0 Å². The number of likely N-dealkylation sites (tertiary alicyclic amines) is 1. The summed E-state index contributed by atoms with van der Waals surface area (Å²) in [5, 5.41) is 9.91. The first kappa shape index (κ1) is 12.4. The summed E-state index contributed by atoms with van der Waals surface area (Å²) in [6.45, 7) is 1.39. The molecule has 0 aliphatic carbocycles. The van der Waals surface area contributed by atoms with Gasteiger partial charge in [0.2, 0.25) is 0 Å². The van der Waals surface area contributed by atoms with Crippen molar-refractivity contribution in [3.63, 3.8) is 0 Å². The first-order valence-electron chi connectivity index (χ1n) is 6.02. The Hall–Kier alpha value is -2.04. The van der Waals surface area contributed by atoms with Gasteiger partial charge in [0.25, 0.3) is 11.8 Å². The van der Waals surface area contributed by atoms with Gasteiger partial charge in [-0.3, -0.25) is 9.59 Å². The van der Waals surface area contributed by atoms with Crippen LogP contribution in [0.4, 0.5) is 0 Å². The molecule has 0 spiro atoms. The number of carbonyl (C=O) groups excluding carboxylic acids is 2. The van der Waals surface area contributed by atoms with E-state index in [0.717, 1.165) is 19.3 Å². The molecule has 18 heavy (non-hydrogen) atoms. The van der Waals surface area contributed by atoms with Crippen molar-refractivity contribution >= 4 is 11.8 Å². The zero-order valence-electron chi connectivity index (χ0n) is 10.1. The molecule has 0 atom stereocenters. The van der Waals surface area contributed by atoms with Crippen LogP contribution in [0.15, 0.2) is 18.2 Å². The van der Waals surface area contributed by atoms with Gasteiger partial charge in [0.1, 0.15) is 5.75 Å². The van der Waals surface area contributed by atoms with Gasteiger partial charge in [0.05, 0.1) is 11.1 Å². The van der Waals surface area contributed by atoms with E-state index in [2.05, 4.69) is 0 Å². The molecule has 1 fully saturated rings. The van der Waals surface area contributed by atoms with Gasteiger partial charge in [-0.2, -0.15) is 0 Å². The first-order chi connectivity index (χ1) is 8.61. The number of benzene rings is 1. The highest BCUT2D eigenvalue weighted by Crippen LogP contribution is 2.24. The average Bonchev–Trinajstić information content (AvgIpc) is 2.39. The Morgan fingerprint density at radius 3 is 2.33 bits per heavy atom. The molecule has 2 rings (SSSR count). The Balaban J connectivity index is 2.30. The lowest BCUT2D eigenvalue weighted by molar-refractivity contribution is 0.0721. The number of para-hydroxylation sites is 1. The summed E-state index contributed by atoms with van der Waals surface area (Å²) in [6.07, 6.45) is 3.07. The van der Waals surface area contributed by atoms with Crippen molar-refractivity contribution in [3.8, 4) is 5.75 Å². The van der Waals surface area contributed by atoms with Crippen molar-refractivity contribution in [2.45, 2.75) is 19.3 Å². The van der Waals surface area contributed by atoms with Crippen molar-refractivity contribution in [2.24, 2.45) is 5.73 Å². The second-order valence-corrected chi connectivity index (χ2v) is 4.42. The maximum absolute atomic E-state index is 12.2. The van der Waals surface area contributed by atoms with Crippen LogP contribution >= 0.6 is 0 Å². The molecule has 0 aromatic heterocycles. The molecular formula is C13H16N2O3. The summed E-state index contributed by atoms with van der Waals surface area (Å²) < 4.78 is 0. The largest absolute Gasteiger partial charge is 0.506 e. The Bertz CT molecular complexity index is 479. The number of primary amides is 1. The van der Waals surface area contributed by atoms with E-state index < -0.39 is 5.91 Å². The van der Waals surface area contributed by atoms with Crippen LogP contribution in [0, 0.1) is 0 Å². The van der Waals surface area contributed by atoms with Crippen LogP contribution in [0.2, 0.25) is 0 Å². The number of amides is 2. The van der Waals surface area contributed by atoms with Crippen LogP contribution in [-0.2, 0) is 0 Å². The van der Waals surface area contributed by atoms with Gasteiger partial charge in [-0.15, -0.1) is 0 Å². The highest BCUT2D eigenvalue weighted by molar-refractivity contribution is 6.03. The number of hydrogen-bond acceptors (Lipinski definition) is 3. The molecule has 1 heterocycles. The monoisotopic (exact) mass is 248 g/mol. The average molecular weight is 248 g/mol. The zero-order chi connectivity index (χ0) is 13.1. The van der Waals surface area contributed by atoms with Crippen molar-refractivity contribution in [1.29, 1.82) is 0 Å². The SMILES string of the molecule is NC(=O)c1cccc(C(=O)N2CCCCC2)c1O. The van der Waals surface area contributed by atoms with Gasteiger partial charge in [-0.25, -0.2) is 0 Å². The topological polar surface area (TPSA) is 83.6 Å². The van der Waals surface area contributed by atoms with E-state index in [1.165, 1.54) is 12.1 Å². The van der Waals surface area contributed by atoms with Gasteiger partial charge in [0.15, 0.2) is 0 Å². The summed E-state index contributed by atoms with van der Waals surface area (Å²) >= 11 is 0. The second kappa shape index (κ2) is 5.08. The fourth-order valence-corrected chi connectivity index (χ4v) is 2.18. The number of phenols is 1. The highest BCUT2D eigenvalue weighted by atomic mass is 16.3. The predicted octanol–water partition coefficient (Wildman–Crippen LogP) is 1.12. The first-order valence-corrected chi connectivity index (χ1v) is 6.02. The minimum Gasteiger partial charge on any atom is -0.506 e. The van der Waals surface area contributed by atoms with E-state index in [1.807, 2.05) is 0 Å². The van der Waals surface area contributed by atoms with Gasteiger partial charge in [-0.1, -0.05) is 6.07 Å². The molecule has 5 heteroatoms. The minimum absolute atomic E-state index is 0.0159. The van der Waals surface area contributed by atoms with Crippen molar-refractivity contribution < 1.29 is 14.7 Å². The molecule has 0 bridgehead atoms. The summed E-state index contributed by atoms with van der Waals surface area (Å²) in [5.74, 6) is -1.29. The molecule has 3 N–H and O–H groups in total. The summed E-state index contributed by atoms with van der Waals surface area (Å²) in [7, 11) is 0. The lowest BCUT2D eigenvalue weighted by Gasteiger charge is -2.27. The van der Waals surface area contributed by atoms with Crippen molar-refractivity contribution in [2.75, 3.05) is 13.1 Å². The molecule has 1 saturated heterocycles. The number of carbonyl (C=O) groups is 2. The molecule has 0 saturated carbocycles. The van der Waals surface area contributed by atoms with Crippen LogP contribution < -0.4 is 5.73 Å². The van der Waals surface area contributed by atoms with Crippen molar-refractivity contribution in [1.82, 2.24) is 4.90 Å². The van der Waals surface area contributed by atoms with E-state index in [4.69, 9.17) is 5.73 Å². The van der Waals surface area contributed by atoms with E-state index in [1.54, 1.807) is 11.0 Å². The van der Waals surface area contributed by atoms with E-state index in [9.17, 15) is 14.7 Å². The maximum Gasteiger partial charge on any atom is 0.257 e. The summed E-state index contributed by atoms with van der Waals surface area (Å²) in [5.41, 5.74) is 5.27. The molecule has 1 aromatic rings. The third-order valence-electron chi connectivity index (χ3n) is 3.18. The predicted molar refractivity (Wildman–Crippen MR) is 66.4 cm³/mol. The fourth-order valence-electron chi connectivity index (χ4n) is 2.18. The van der Waals surface area contributed by atoms with E-state index >= 15 is 0 Å². The minimum atomic E-state index is -0.735. The molecule has 1 aliphatic rings. The number of aromatic hydroxyl groups is 1. The molecule has 96 valence electrons. The van der Waals surface area contributed by atoms with Gasteiger partial charge < -0.3 is 15.7 Å². The number of rotatable bonds is 2. The lowest BCUT2D eigenvalue weighted by atomic mass is 10.1. The molecule has 0 unspecified atom stereocenters. The quantitative estimate of drug-likeness (QED) is 0.822. The number of piperidine rings is 1. The number of nitrogens with zero attached hydrogens (tertiary/aromatic N) is 1. The zero-order valence-corrected chi connectivity index (χ0v) is 10.1. The number of hydrogen-bond donors (Lipinski definition) is 2. The van der Waals surface area contributed by atoms with Crippen LogP contribution in [0.3, 0.4) is 0 Å². The second-order valence-electron chi connectivity index (χ2n) is 4.42. The van der Waals surface area contributed by atoms with E-state index in [0.29, 0.717) is 13.1 Å². The van der Waals surface area contributed by atoms with Crippen LogP contribution in [0.1, 0.15) is 40.0 Å². The molecular weight excluding hydrogens is 232 g/mol. The third kappa shape index (κ3) is 2.30. The Kier molecular flexibility index (Phi) is 3.50. The Morgan fingerprint density at radius 2 is 1.72 bits per heavy atom. The Labute approximate surface area is 105 Å². The van der Waals surface area contributed by atoms with Gasteiger partial charge >= 0.3 is 0 Å². The van der Waals surface area contributed by atoms with E-state index in [-0.39, 0.29) is 22.8 Å². The van der Waals surface area contributed by atoms with Gasteiger partial charge in [0, 0.05) is 13.1 Å². The molecule has 1 aliphatic heterocycles. The highest BCUT2D eigenvalue weighted by Gasteiger charge is 2.22. The summed E-state index contributed by atoms with van der Waals surface area (Å²) in [6, 6.07) is 4.47. The van der Waals surface area contributed by atoms with Gasteiger partial charge in [-0.05, 0) is 31.4 Å². The molecule has 2 amide bonds. The molecule has 5 nitrogen and oxygen atoms in total. The maximum atomic E-state index is 12.2. The standard InChI is InChI=1S/C13H16N2O3/c14-12(17)9-5-4-6-10(11(9)16)13(18)15-7-2-1-3-8-15/h4-6,16H,1-3,7-8H2,(H2,14,17). The third-order valence-corrected chi connectivity index (χ3v) is 3.18. The van der Waals surface area contributed by atoms with Crippen LogP contribution in [0.5, 0.6) is 5.75 Å². The summed E-state index contributed by atoms with van der Waals surface area (Å²) in [4.78, 5) is 25.0. The molecule has 1 aromatic carbocycles. The molecule has 0 radical (unpaired) electrons. The normalized spacial score (nSPS) is 15.4. The van der Waals surface area contributed by atoms with Crippen molar-refractivity contribution in [3.05, 3.63) is 29.3 Å². The van der Waals surface area contributed by atoms with Crippen LogP contribution in [-0.4, -0.2) is 34.9 Å². The Morgan fingerprint density at radius 1 is 1.11 bits per heavy atom. The smallest absolute Gasteiger partial charge is 0.257 e. The lowest BCUT2D eigenvalue weighted by Crippen LogP contribution is -2.35.